The molecular formula is C54H51N3O2. The molecule has 59 heavy (non-hydrogen) atoms. The Morgan fingerprint density at radius 1 is 0.559 bits per heavy atom. The molecule has 14 rings (SSSR count). The lowest BCUT2D eigenvalue weighted by molar-refractivity contribution is 0.0801. The van der Waals surface area contributed by atoms with Gasteiger partial charge >= 0.3 is 0 Å². The third-order valence-corrected chi connectivity index (χ3v) is 16.4. The molecule has 0 atom stereocenters. The number of aromatic nitrogens is 3. The van der Waals surface area contributed by atoms with Gasteiger partial charge in [-0.2, -0.15) is 0 Å². The second-order valence-electron chi connectivity index (χ2n) is 20.8. The maximum Gasteiger partial charge on any atom is 0.166 e. The smallest absolute Gasteiger partial charge is 0.166 e. The third-order valence-electron chi connectivity index (χ3n) is 16.4. The van der Waals surface area contributed by atoms with Crippen LogP contribution in [0, 0.1) is 22.7 Å². The molecule has 294 valence electrons. The maximum absolute atomic E-state index is 14.7. The number of carbonyl (C=O) groups is 2. The average Bonchev–Trinajstić information content (AvgIpc) is 3.57. The predicted molar refractivity (Wildman–Crippen MR) is 240 cm³/mol. The third kappa shape index (κ3) is 4.52. The quantitative estimate of drug-likeness (QED) is 0.175. The topological polar surface area (TPSA) is 64.3 Å². The minimum absolute atomic E-state index is 0.0187. The zero-order valence-electron chi connectivity index (χ0n) is 35.1. The summed E-state index contributed by atoms with van der Waals surface area (Å²) in [6.45, 7) is 14.2. The Kier molecular flexibility index (Phi) is 7.01. The lowest BCUT2D eigenvalue weighted by Crippen LogP contribution is -2.42. The van der Waals surface area contributed by atoms with Crippen LogP contribution >= 0.6 is 0 Å². The Bertz CT molecular complexity index is 3110. The number of nitrogens with zero attached hydrogens (tertiary/aromatic N) is 3. The highest BCUT2D eigenvalue weighted by atomic mass is 16.1. The molecule has 2 fully saturated rings. The van der Waals surface area contributed by atoms with Crippen LogP contribution in [0.25, 0.3) is 71.6 Å². The molecule has 0 amide bonds. The van der Waals surface area contributed by atoms with Crippen molar-refractivity contribution in [2.24, 2.45) is 22.7 Å². The highest BCUT2D eigenvalue weighted by Crippen LogP contribution is 2.60. The van der Waals surface area contributed by atoms with Gasteiger partial charge in [0.15, 0.2) is 11.6 Å². The number of Topliss-reactive ketones (excluding diaryl/α,β-unsaturated/α-hetero) is 2. The first-order chi connectivity index (χ1) is 28.3. The van der Waals surface area contributed by atoms with Crippen LogP contribution in [-0.4, -0.2) is 25.9 Å². The molecule has 4 bridgehead atoms. The molecule has 0 spiro atoms. The summed E-state index contributed by atoms with van der Waals surface area (Å²) in [5.74, 6) is 0.725. The Morgan fingerprint density at radius 3 is 1.51 bits per heavy atom. The molecule has 5 aromatic carbocycles. The van der Waals surface area contributed by atoms with Gasteiger partial charge in [0.1, 0.15) is 0 Å². The molecular weight excluding hydrogens is 723 g/mol. The van der Waals surface area contributed by atoms with Crippen molar-refractivity contribution in [2.45, 2.75) is 104 Å². The zero-order chi connectivity index (χ0) is 40.4. The van der Waals surface area contributed by atoms with E-state index < -0.39 is 0 Å². The lowest BCUT2D eigenvalue weighted by Gasteiger charge is -2.48. The van der Waals surface area contributed by atoms with Gasteiger partial charge in [0.2, 0.25) is 0 Å². The summed E-state index contributed by atoms with van der Waals surface area (Å²) in [5, 5.41) is 4.48. The van der Waals surface area contributed by atoms with E-state index in [0.717, 1.165) is 134 Å². The predicted octanol–water partition coefficient (Wildman–Crippen LogP) is 13.5. The summed E-state index contributed by atoms with van der Waals surface area (Å²) in [4.78, 5) is 40.6. The highest BCUT2D eigenvalue weighted by molar-refractivity contribution is 6.31. The van der Waals surface area contributed by atoms with Gasteiger partial charge in [-0.3, -0.25) is 9.59 Å². The minimum Gasteiger partial charge on any atom is -0.308 e. The minimum atomic E-state index is -0.116. The van der Waals surface area contributed by atoms with Crippen LogP contribution in [0.15, 0.2) is 91.0 Å². The molecule has 0 saturated heterocycles. The largest absolute Gasteiger partial charge is 0.308 e. The molecule has 5 heteroatoms. The van der Waals surface area contributed by atoms with Crippen molar-refractivity contribution in [2.75, 3.05) is 0 Å². The van der Waals surface area contributed by atoms with Gasteiger partial charge in [-0.25, -0.2) is 9.97 Å². The van der Waals surface area contributed by atoms with E-state index in [0.29, 0.717) is 11.6 Å². The molecule has 8 aromatic rings. The van der Waals surface area contributed by atoms with E-state index in [1.165, 1.54) is 11.1 Å². The van der Waals surface area contributed by atoms with Gasteiger partial charge < -0.3 is 4.40 Å². The molecule has 0 unspecified atom stereocenters. The second kappa shape index (κ2) is 11.6. The monoisotopic (exact) mass is 773 g/mol. The molecule has 3 heterocycles. The fourth-order valence-electron chi connectivity index (χ4n) is 13.0. The summed E-state index contributed by atoms with van der Waals surface area (Å²) in [6, 6.07) is 32.5. The summed E-state index contributed by atoms with van der Waals surface area (Å²) < 4.78 is 2.40. The van der Waals surface area contributed by atoms with Crippen LogP contribution < -0.4 is 0 Å². The fraction of sp³-hybridized carbons (Fsp3) is 0.370. The second-order valence-corrected chi connectivity index (χ2v) is 20.8. The van der Waals surface area contributed by atoms with Gasteiger partial charge in [-0.1, -0.05) is 102 Å². The van der Waals surface area contributed by atoms with Crippen LogP contribution in [0.2, 0.25) is 0 Å². The number of ketones is 2. The molecule has 3 aromatic heterocycles. The molecule has 0 N–H and O–H groups in total. The first-order valence-electron chi connectivity index (χ1n) is 22.1. The van der Waals surface area contributed by atoms with Gasteiger partial charge in [0, 0.05) is 66.5 Å². The van der Waals surface area contributed by atoms with Crippen molar-refractivity contribution < 1.29 is 9.59 Å². The highest BCUT2D eigenvalue weighted by Gasteiger charge is 2.53. The van der Waals surface area contributed by atoms with Crippen LogP contribution in [-0.2, 0) is 10.8 Å². The van der Waals surface area contributed by atoms with E-state index in [1.54, 1.807) is 0 Å². The number of carbonyl (C=O) groups excluding carboxylic acids is 2. The Morgan fingerprint density at radius 2 is 1.02 bits per heavy atom. The van der Waals surface area contributed by atoms with E-state index in [9.17, 15) is 9.59 Å². The first-order valence-corrected chi connectivity index (χ1v) is 22.1. The summed E-state index contributed by atoms with van der Waals surface area (Å²) >= 11 is 0. The first kappa shape index (κ1) is 35.5. The normalized spacial score (nSPS) is 24.4. The SMILES string of the molecule is CC(C)(C)C12CCC(CC1)C(=O)c1cc3c(cc12)c1cc2nc(-c4ccccc4)c(-c4ccccc4)nc2c2c4cc5c(cc4n3c12)C(=O)C1CCC5(C(C)(C)C)CC1. The van der Waals surface area contributed by atoms with Crippen molar-refractivity contribution in [1.82, 2.24) is 14.4 Å². The number of fused-ring (bicyclic) bond motifs is 12. The van der Waals surface area contributed by atoms with Crippen molar-refractivity contribution >= 4 is 60.7 Å². The number of benzene rings is 5. The lowest BCUT2D eigenvalue weighted by atomic mass is 9.56. The van der Waals surface area contributed by atoms with Gasteiger partial charge in [-0.15, -0.1) is 0 Å². The Balaban J connectivity index is 1.29. The van der Waals surface area contributed by atoms with Crippen molar-refractivity contribution in [1.29, 1.82) is 0 Å². The van der Waals surface area contributed by atoms with Crippen LogP contribution in [0.5, 0.6) is 0 Å². The standard InChI is InChI=1S/C54H51N3O2/c1-51(2,3)53-21-17-32(18-22-53)49(58)36-28-42-34(25-39(36)53)35-27-41-47(56-46(31-15-11-8-12-16-31)45(55-41)30-13-9-7-10-14-30)44-38-26-40-37(29-43(38)57(42)48(35)44)50(59)33-19-23-54(40,24-20-33)52(4,5)6/h7-16,25-29,32-33H,17-24H2,1-6H3. The molecule has 6 aliphatic rings. The summed E-state index contributed by atoms with van der Waals surface area (Å²) in [7, 11) is 0. The van der Waals surface area contributed by atoms with Crippen molar-refractivity contribution in [3.63, 3.8) is 0 Å². The van der Waals surface area contributed by atoms with Gasteiger partial charge in [0.25, 0.3) is 0 Å². The van der Waals surface area contributed by atoms with Gasteiger partial charge in [0.05, 0.1) is 39.0 Å². The Labute approximate surface area is 345 Å². The zero-order valence-corrected chi connectivity index (χ0v) is 35.1. The van der Waals surface area contributed by atoms with Crippen molar-refractivity contribution in [3.8, 4) is 22.5 Å². The van der Waals surface area contributed by atoms with E-state index >= 15 is 0 Å². The summed E-state index contributed by atoms with van der Waals surface area (Å²) in [6.07, 6.45) is 7.85. The molecule has 5 nitrogen and oxygen atoms in total. The van der Waals surface area contributed by atoms with E-state index in [-0.39, 0.29) is 33.5 Å². The maximum atomic E-state index is 14.7. The Hall–Kier alpha value is -5.42. The van der Waals surface area contributed by atoms with Crippen LogP contribution in [0.1, 0.15) is 125 Å². The number of hydrogen-bond acceptors (Lipinski definition) is 4. The molecule has 0 radical (unpaired) electrons. The number of hydrogen-bond donors (Lipinski definition) is 0. The van der Waals surface area contributed by atoms with Crippen LogP contribution in [0.4, 0.5) is 0 Å². The van der Waals surface area contributed by atoms with Crippen molar-refractivity contribution in [3.05, 3.63) is 113 Å². The number of rotatable bonds is 2. The molecule has 2 saturated carbocycles. The van der Waals surface area contributed by atoms with E-state index in [1.807, 2.05) is 12.1 Å². The average molecular weight is 774 g/mol. The van der Waals surface area contributed by atoms with E-state index in [2.05, 4.69) is 125 Å². The van der Waals surface area contributed by atoms with Gasteiger partial charge in [-0.05, 0) is 104 Å². The molecule has 6 aliphatic carbocycles. The van der Waals surface area contributed by atoms with Crippen LogP contribution in [0.3, 0.4) is 0 Å². The summed E-state index contributed by atoms with van der Waals surface area (Å²) in [5.41, 5.74) is 12.6. The fourth-order valence-corrected chi connectivity index (χ4v) is 13.0. The van der Waals surface area contributed by atoms with E-state index in [4.69, 9.17) is 9.97 Å². The molecule has 0 aliphatic heterocycles.